The predicted octanol–water partition coefficient (Wildman–Crippen LogP) is 1.25. The van der Waals surface area contributed by atoms with E-state index in [9.17, 15) is 4.79 Å². The van der Waals surface area contributed by atoms with Crippen molar-refractivity contribution in [1.29, 1.82) is 0 Å². The average molecular weight is 265 g/mol. The van der Waals surface area contributed by atoms with Gasteiger partial charge in [-0.1, -0.05) is 0 Å². The molecule has 1 aromatic heterocycles. The summed E-state index contributed by atoms with van der Waals surface area (Å²) in [4.78, 5) is 11.0. The minimum atomic E-state index is -0.00375. The molecule has 0 spiro atoms. The van der Waals surface area contributed by atoms with Crippen LogP contribution in [0.15, 0.2) is 23.1 Å². The van der Waals surface area contributed by atoms with E-state index in [-0.39, 0.29) is 5.56 Å². The average Bonchev–Trinajstić information content (AvgIpc) is 1.98. The van der Waals surface area contributed by atoms with Gasteiger partial charge in [-0.05, 0) is 11.6 Å². The lowest BCUT2D eigenvalue weighted by atomic mass is 10.3. The van der Waals surface area contributed by atoms with Crippen LogP contribution in [0.25, 0.3) is 0 Å². The molecule has 0 N–H and O–H groups in total. The van der Waals surface area contributed by atoms with Crippen molar-refractivity contribution in [2.45, 2.75) is 6.61 Å². The second kappa shape index (κ2) is 3.87. The zero-order chi connectivity index (χ0) is 8.27. The third-order valence-electron chi connectivity index (χ3n) is 1.39. The molecule has 11 heavy (non-hydrogen) atoms. The molecule has 3 nitrogen and oxygen atoms in total. The van der Waals surface area contributed by atoms with E-state index >= 15 is 0 Å². The molecule has 1 aromatic rings. The summed E-state index contributed by atoms with van der Waals surface area (Å²) in [5, 5.41) is 0. The fraction of sp³-hybridized carbons (Fsp3) is 0.286. The van der Waals surface area contributed by atoms with E-state index in [1.165, 1.54) is 4.57 Å². The van der Waals surface area contributed by atoms with E-state index in [1.54, 1.807) is 42.3 Å². The van der Waals surface area contributed by atoms with E-state index in [1.807, 2.05) is 6.07 Å². The Hall–Kier alpha value is -0.360. The lowest BCUT2D eigenvalue weighted by molar-refractivity contribution is 0.417. The number of pyridine rings is 1. The molecule has 0 aliphatic heterocycles. The number of aryl methyl sites for hydroxylation is 1. The highest BCUT2D eigenvalue weighted by molar-refractivity contribution is 14.1. The van der Waals surface area contributed by atoms with Crippen molar-refractivity contribution in [3.05, 3.63) is 34.2 Å². The summed E-state index contributed by atoms with van der Waals surface area (Å²) >= 11 is 1.80. The Balaban J connectivity index is 2.96. The first-order valence-electron chi connectivity index (χ1n) is 3.13. The van der Waals surface area contributed by atoms with Crippen LogP contribution < -0.4 is 5.56 Å². The van der Waals surface area contributed by atoms with E-state index in [0.717, 1.165) is 5.56 Å². The largest absolute Gasteiger partial charge is 0.319 e. The number of hydrogen-bond acceptors (Lipinski definition) is 2. The summed E-state index contributed by atoms with van der Waals surface area (Å²) in [5.74, 6) is 0. The van der Waals surface area contributed by atoms with E-state index in [2.05, 4.69) is 0 Å². The minimum Gasteiger partial charge on any atom is -0.319 e. The normalized spacial score (nSPS) is 10.0. The maximum absolute atomic E-state index is 11.0. The fourth-order valence-electron chi connectivity index (χ4n) is 0.742. The van der Waals surface area contributed by atoms with Crippen molar-refractivity contribution in [2.24, 2.45) is 7.05 Å². The molecule has 4 heteroatoms. The van der Waals surface area contributed by atoms with Crippen LogP contribution in [-0.2, 0) is 16.7 Å². The zero-order valence-electron chi connectivity index (χ0n) is 6.08. The van der Waals surface area contributed by atoms with Gasteiger partial charge in [-0.2, -0.15) is 0 Å². The first-order valence-corrected chi connectivity index (χ1v) is 4.01. The van der Waals surface area contributed by atoms with Crippen LogP contribution in [-0.4, -0.2) is 4.57 Å². The third-order valence-corrected chi connectivity index (χ3v) is 1.70. The number of hydrogen-bond donors (Lipinski definition) is 0. The molecule has 1 rings (SSSR count). The first kappa shape index (κ1) is 8.73. The molecule has 0 saturated heterocycles. The fourth-order valence-corrected chi connectivity index (χ4v) is 1.10. The Labute approximate surface area is 78.7 Å². The Kier molecular flexibility index (Phi) is 3.07. The summed E-state index contributed by atoms with van der Waals surface area (Å²) in [5.41, 5.74) is 0.901. The highest BCUT2D eigenvalue weighted by atomic mass is 127. The molecular formula is C7H8INO2. The van der Waals surface area contributed by atoms with Crippen molar-refractivity contribution >= 4 is 23.0 Å². The highest BCUT2D eigenvalue weighted by Crippen LogP contribution is 1.99. The molecule has 1 heterocycles. The quantitative estimate of drug-likeness (QED) is 0.753. The predicted molar refractivity (Wildman–Crippen MR) is 50.5 cm³/mol. The van der Waals surface area contributed by atoms with Crippen LogP contribution >= 0.6 is 23.0 Å². The second-order valence-corrected chi connectivity index (χ2v) is 2.86. The number of nitrogens with zero attached hydrogens (tertiary/aromatic N) is 1. The number of aromatic nitrogens is 1. The van der Waals surface area contributed by atoms with Crippen LogP contribution in [0.1, 0.15) is 5.56 Å². The molecular weight excluding hydrogens is 257 g/mol. The van der Waals surface area contributed by atoms with Crippen LogP contribution in [0, 0.1) is 0 Å². The second-order valence-electron chi connectivity index (χ2n) is 2.24. The molecule has 0 fully saturated rings. The van der Waals surface area contributed by atoms with Gasteiger partial charge in [0.25, 0.3) is 5.56 Å². The topological polar surface area (TPSA) is 31.2 Å². The summed E-state index contributed by atoms with van der Waals surface area (Å²) in [6.45, 7) is 0.483. The van der Waals surface area contributed by atoms with E-state index in [4.69, 9.17) is 3.07 Å². The molecule has 0 unspecified atom stereocenters. The van der Waals surface area contributed by atoms with Crippen molar-refractivity contribution in [2.75, 3.05) is 0 Å². The monoisotopic (exact) mass is 265 g/mol. The lowest BCUT2D eigenvalue weighted by Gasteiger charge is -1.98. The smallest absolute Gasteiger partial charge is 0.250 e. The third kappa shape index (κ3) is 2.30. The van der Waals surface area contributed by atoms with Crippen molar-refractivity contribution < 1.29 is 3.07 Å². The zero-order valence-corrected chi connectivity index (χ0v) is 8.24. The Bertz CT molecular complexity index is 295. The summed E-state index contributed by atoms with van der Waals surface area (Å²) in [7, 11) is 1.72. The van der Waals surface area contributed by atoms with Crippen molar-refractivity contribution in [1.82, 2.24) is 4.57 Å². The summed E-state index contributed by atoms with van der Waals surface area (Å²) < 4.78 is 6.37. The molecule has 60 valence electrons. The van der Waals surface area contributed by atoms with Gasteiger partial charge >= 0.3 is 0 Å². The Morgan fingerprint density at radius 2 is 2.45 bits per heavy atom. The van der Waals surface area contributed by atoms with Gasteiger partial charge in [0.1, 0.15) is 23.0 Å². The molecule has 0 atom stereocenters. The number of halogens is 1. The maximum atomic E-state index is 11.0. The van der Waals surface area contributed by atoms with Gasteiger partial charge in [0.15, 0.2) is 0 Å². The van der Waals surface area contributed by atoms with E-state index < -0.39 is 0 Å². The van der Waals surface area contributed by atoms with Crippen LogP contribution in [0.4, 0.5) is 0 Å². The van der Waals surface area contributed by atoms with E-state index in [0.29, 0.717) is 6.61 Å². The van der Waals surface area contributed by atoms with Gasteiger partial charge in [0.2, 0.25) is 0 Å². The Morgan fingerprint density at radius 3 is 3.00 bits per heavy atom. The molecule has 0 aliphatic carbocycles. The van der Waals surface area contributed by atoms with Crippen molar-refractivity contribution in [3.8, 4) is 0 Å². The van der Waals surface area contributed by atoms with Gasteiger partial charge in [-0.15, -0.1) is 0 Å². The molecule has 0 aromatic carbocycles. The SMILES string of the molecule is Cn1ccc(COI)cc1=O. The summed E-state index contributed by atoms with van der Waals surface area (Å²) in [6.07, 6.45) is 1.73. The lowest BCUT2D eigenvalue weighted by Crippen LogP contribution is -2.14. The van der Waals surface area contributed by atoms with Gasteiger partial charge in [0, 0.05) is 19.3 Å². The van der Waals surface area contributed by atoms with Gasteiger partial charge in [-0.3, -0.25) is 4.79 Å². The molecule has 0 amide bonds. The first-order chi connectivity index (χ1) is 5.24. The molecule has 0 saturated carbocycles. The maximum Gasteiger partial charge on any atom is 0.250 e. The molecule has 0 aliphatic rings. The highest BCUT2D eigenvalue weighted by Gasteiger charge is 1.93. The summed E-state index contributed by atoms with van der Waals surface area (Å²) in [6, 6.07) is 3.43. The van der Waals surface area contributed by atoms with Crippen molar-refractivity contribution in [3.63, 3.8) is 0 Å². The Morgan fingerprint density at radius 1 is 1.73 bits per heavy atom. The minimum absolute atomic E-state index is 0.00375. The van der Waals surface area contributed by atoms with Crippen LogP contribution in [0.5, 0.6) is 0 Å². The number of rotatable bonds is 2. The standard InChI is InChI=1S/C7H8INO2/c1-9-3-2-6(5-11-8)4-7(9)10/h2-4H,5H2,1H3. The molecule has 0 radical (unpaired) electrons. The van der Waals surface area contributed by atoms with Gasteiger partial charge < -0.3 is 7.63 Å². The van der Waals surface area contributed by atoms with Gasteiger partial charge in [0.05, 0.1) is 6.61 Å². The van der Waals surface area contributed by atoms with Crippen LogP contribution in [0.3, 0.4) is 0 Å². The molecule has 0 bridgehead atoms. The van der Waals surface area contributed by atoms with Gasteiger partial charge in [-0.25, -0.2) is 0 Å². The van der Waals surface area contributed by atoms with Crippen LogP contribution in [0.2, 0.25) is 0 Å².